The van der Waals surface area contributed by atoms with E-state index in [1.54, 1.807) is 13.0 Å². The van der Waals surface area contributed by atoms with E-state index < -0.39 is 5.97 Å². The zero-order valence-electron chi connectivity index (χ0n) is 6.77. The third-order valence-corrected chi connectivity index (χ3v) is 2.79. The monoisotopic (exact) mass is 263 g/mol. The standard InChI is InChI=1S/C8H7BrClNO2/c1-3-2-4(9)7(11)5(6(3)10)8(12)13/h2H,11H2,1H3,(H,12,13). The van der Waals surface area contributed by atoms with Gasteiger partial charge in [-0.25, -0.2) is 4.79 Å². The maximum atomic E-state index is 10.8. The zero-order valence-corrected chi connectivity index (χ0v) is 9.11. The van der Waals surface area contributed by atoms with E-state index in [-0.39, 0.29) is 16.3 Å². The summed E-state index contributed by atoms with van der Waals surface area (Å²) in [6.07, 6.45) is 0. The Hall–Kier alpha value is -0.740. The summed E-state index contributed by atoms with van der Waals surface area (Å²) in [6.45, 7) is 1.72. The molecule has 70 valence electrons. The minimum Gasteiger partial charge on any atom is -0.478 e. The molecule has 0 aromatic heterocycles. The molecule has 0 fully saturated rings. The van der Waals surface area contributed by atoms with Crippen molar-refractivity contribution in [2.24, 2.45) is 0 Å². The fourth-order valence-corrected chi connectivity index (χ4v) is 1.75. The van der Waals surface area contributed by atoms with Gasteiger partial charge in [-0.15, -0.1) is 0 Å². The third-order valence-electron chi connectivity index (χ3n) is 1.65. The molecular weight excluding hydrogens is 257 g/mol. The molecule has 0 bridgehead atoms. The van der Waals surface area contributed by atoms with Crippen LogP contribution in [0.3, 0.4) is 0 Å². The summed E-state index contributed by atoms with van der Waals surface area (Å²) in [5.41, 5.74) is 6.33. The molecule has 13 heavy (non-hydrogen) atoms. The van der Waals surface area contributed by atoms with Crippen LogP contribution in [-0.4, -0.2) is 11.1 Å². The van der Waals surface area contributed by atoms with Gasteiger partial charge in [0.2, 0.25) is 0 Å². The van der Waals surface area contributed by atoms with Gasteiger partial charge in [0, 0.05) is 4.47 Å². The molecule has 0 heterocycles. The summed E-state index contributed by atoms with van der Waals surface area (Å²) < 4.78 is 0.548. The van der Waals surface area contributed by atoms with Crippen LogP contribution in [0.4, 0.5) is 5.69 Å². The number of carbonyl (C=O) groups is 1. The first-order chi connectivity index (χ1) is 5.95. The molecule has 0 unspecified atom stereocenters. The van der Waals surface area contributed by atoms with E-state index in [1.807, 2.05) is 0 Å². The normalized spacial score (nSPS) is 10.1. The Bertz CT molecular complexity index is 353. The highest BCUT2D eigenvalue weighted by Crippen LogP contribution is 2.32. The number of carboxylic acids is 1. The molecule has 0 aliphatic heterocycles. The topological polar surface area (TPSA) is 63.3 Å². The summed E-state index contributed by atoms with van der Waals surface area (Å²) in [5.74, 6) is -1.12. The maximum absolute atomic E-state index is 10.8. The lowest BCUT2D eigenvalue weighted by atomic mass is 10.1. The van der Waals surface area contributed by atoms with Crippen molar-refractivity contribution in [3.05, 3.63) is 26.7 Å². The average Bonchev–Trinajstić information content (AvgIpc) is 2.01. The fourth-order valence-electron chi connectivity index (χ4n) is 0.975. The van der Waals surface area contributed by atoms with Crippen molar-refractivity contribution in [2.45, 2.75) is 6.92 Å². The van der Waals surface area contributed by atoms with Crippen LogP contribution in [0.2, 0.25) is 5.02 Å². The Balaban J connectivity index is 3.56. The van der Waals surface area contributed by atoms with Gasteiger partial charge in [-0.3, -0.25) is 0 Å². The predicted molar refractivity (Wildman–Crippen MR) is 55.3 cm³/mol. The van der Waals surface area contributed by atoms with Crippen LogP contribution >= 0.6 is 27.5 Å². The number of benzene rings is 1. The Morgan fingerprint density at radius 2 is 2.23 bits per heavy atom. The Morgan fingerprint density at radius 1 is 1.69 bits per heavy atom. The minimum absolute atomic E-state index is 0.0476. The quantitative estimate of drug-likeness (QED) is 0.767. The number of aromatic carboxylic acids is 1. The highest BCUT2D eigenvalue weighted by molar-refractivity contribution is 9.10. The van der Waals surface area contributed by atoms with Crippen LogP contribution in [-0.2, 0) is 0 Å². The summed E-state index contributed by atoms with van der Waals surface area (Å²) in [7, 11) is 0. The van der Waals surface area contributed by atoms with E-state index >= 15 is 0 Å². The van der Waals surface area contributed by atoms with Crippen LogP contribution in [0.5, 0.6) is 0 Å². The van der Waals surface area contributed by atoms with Crippen molar-refractivity contribution in [2.75, 3.05) is 5.73 Å². The second-order valence-corrected chi connectivity index (χ2v) is 3.82. The number of carboxylic acid groups (broad SMARTS) is 1. The van der Waals surface area contributed by atoms with Gasteiger partial charge >= 0.3 is 5.97 Å². The maximum Gasteiger partial charge on any atom is 0.339 e. The lowest BCUT2D eigenvalue weighted by molar-refractivity contribution is 0.0698. The Labute approximate surface area is 88.6 Å². The van der Waals surface area contributed by atoms with Gasteiger partial charge in [-0.1, -0.05) is 11.6 Å². The molecule has 3 N–H and O–H groups in total. The van der Waals surface area contributed by atoms with Gasteiger partial charge in [0.1, 0.15) is 5.56 Å². The molecule has 0 saturated carbocycles. The number of nitrogens with two attached hydrogens (primary N) is 1. The summed E-state index contributed by atoms with van der Waals surface area (Å²) in [4.78, 5) is 10.8. The van der Waals surface area contributed by atoms with Gasteiger partial charge in [-0.2, -0.15) is 0 Å². The highest BCUT2D eigenvalue weighted by atomic mass is 79.9. The minimum atomic E-state index is -1.12. The van der Waals surface area contributed by atoms with Crippen LogP contribution in [0.1, 0.15) is 15.9 Å². The van der Waals surface area contributed by atoms with Gasteiger partial charge in [0.15, 0.2) is 0 Å². The van der Waals surface area contributed by atoms with Crippen molar-refractivity contribution in [3.63, 3.8) is 0 Å². The molecule has 0 spiro atoms. The van der Waals surface area contributed by atoms with E-state index in [1.165, 1.54) is 0 Å². The van der Waals surface area contributed by atoms with Gasteiger partial charge in [0.05, 0.1) is 10.7 Å². The van der Waals surface area contributed by atoms with Crippen molar-refractivity contribution in [3.8, 4) is 0 Å². The fraction of sp³-hybridized carbons (Fsp3) is 0.125. The second-order valence-electron chi connectivity index (χ2n) is 2.58. The molecule has 1 aromatic rings. The number of hydrogen-bond donors (Lipinski definition) is 2. The number of halogens is 2. The van der Waals surface area contributed by atoms with Crippen LogP contribution in [0.15, 0.2) is 10.5 Å². The van der Waals surface area contributed by atoms with Gasteiger partial charge in [-0.05, 0) is 34.5 Å². The number of aryl methyl sites for hydroxylation is 1. The van der Waals surface area contributed by atoms with Crippen LogP contribution in [0.25, 0.3) is 0 Å². The van der Waals surface area contributed by atoms with E-state index in [2.05, 4.69) is 15.9 Å². The van der Waals surface area contributed by atoms with Crippen molar-refractivity contribution >= 4 is 39.2 Å². The van der Waals surface area contributed by atoms with E-state index in [0.29, 0.717) is 10.0 Å². The van der Waals surface area contributed by atoms with Gasteiger partial charge < -0.3 is 10.8 Å². The number of nitrogen functional groups attached to an aromatic ring is 1. The lowest BCUT2D eigenvalue weighted by Crippen LogP contribution is -2.05. The number of hydrogen-bond acceptors (Lipinski definition) is 2. The molecule has 0 aliphatic carbocycles. The Kier molecular flexibility index (Phi) is 2.83. The Morgan fingerprint density at radius 3 is 2.69 bits per heavy atom. The lowest BCUT2D eigenvalue weighted by Gasteiger charge is -2.08. The van der Waals surface area contributed by atoms with Crippen molar-refractivity contribution < 1.29 is 9.90 Å². The smallest absolute Gasteiger partial charge is 0.339 e. The third kappa shape index (κ3) is 1.78. The predicted octanol–water partition coefficient (Wildman–Crippen LogP) is 2.69. The molecule has 1 aromatic carbocycles. The van der Waals surface area contributed by atoms with Crippen molar-refractivity contribution in [1.82, 2.24) is 0 Å². The van der Waals surface area contributed by atoms with Crippen molar-refractivity contribution in [1.29, 1.82) is 0 Å². The summed E-state index contributed by atoms with van der Waals surface area (Å²) in [6, 6.07) is 1.68. The number of rotatable bonds is 1. The van der Waals surface area contributed by atoms with Crippen LogP contribution in [0, 0.1) is 6.92 Å². The largest absolute Gasteiger partial charge is 0.478 e. The van der Waals surface area contributed by atoms with Gasteiger partial charge in [0.25, 0.3) is 0 Å². The molecule has 0 aliphatic rings. The summed E-state index contributed by atoms with van der Waals surface area (Å²) in [5, 5.41) is 9.00. The molecular formula is C8H7BrClNO2. The highest BCUT2D eigenvalue weighted by Gasteiger charge is 2.17. The average molecular weight is 265 g/mol. The molecule has 3 nitrogen and oxygen atoms in total. The van der Waals surface area contributed by atoms with E-state index in [9.17, 15) is 4.79 Å². The zero-order chi connectivity index (χ0) is 10.2. The first-order valence-electron chi connectivity index (χ1n) is 3.42. The molecule has 0 saturated heterocycles. The second kappa shape index (κ2) is 3.55. The molecule has 0 amide bonds. The van der Waals surface area contributed by atoms with E-state index in [0.717, 1.165) is 0 Å². The SMILES string of the molecule is Cc1cc(Br)c(N)c(C(=O)O)c1Cl. The molecule has 0 atom stereocenters. The first-order valence-corrected chi connectivity index (χ1v) is 4.59. The van der Waals surface area contributed by atoms with Crippen LogP contribution < -0.4 is 5.73 Å². The van der Waals surface area contributed by atoms with E-state index in [4.69, 9.17) is 22.4 Å². The summed E-state index contributed by atoms with van der Waals surface area (Å²) >= 11 is 8.94. The molecule has 5 heteroatoms. The first kappa shape index (κ1) is 10.3. The molecule has 0 radical (unpaired) electrons. The molecule has 1 rings (SSSR count). The number of anilines is 1.